The zero-order chi connectivity index (χ0) is 12.8. The fourth-order valence-electron chi connectivity index (χ4n) is 3.42. The minimum Gasteiger partial charge on any atom is -0.369 e. The fourth-order valence-corrected chi connectivity index (χ4v) is 3.42. The van der Waals surface area contributed by atoms with Gasteiger partial charge < -0.3 is 10.1 Å². The van der Waals surface area contributed by atoms with E-state index in [1.807, 2.05) is 0 Å². The molecule has 0 aliphatic carbocycles. The first-order valence-electron chi connectivity index (χ1n) is 7.05. The second kappa shape index (κ2) is 4.36. The van der Waals surface area contributed by atoms with Crippen LogP contribution < -0.4 is 5.32 Å². The van der Waals surface area contributed by atoms with Gasteiger partial charge in [-0.1, -0.05) is 32.0 Å². The fraction of sp³-hybridized carbons (Fsp3) is 0.625. The molecule has 0 aromatic heterocycles. The molecule has 2 heteroatoms. The van der Waals surface area contributed by atoms with Crippen LogP contribution in [-0.4, -0.2) is 18.7 Å². The van der Waals surface area contributed by atoms with E-state index >= 15 is 0 Å². The van der Waals surface area contributed by atoms with Gasteiger partial charge >= 0.3 is 0 Å². The van der Waals surface area contributed by atoms with Gasteiger partial charge in [-0.15, -0.1) is 0 Å². The predicted molar refractivity (Wildman–Crippen MR) is 73.8 cm³/mol. The molecule has 1 aromatic carbocycles. The van der Waals surface area contributed by atoms with Crippen LogP contribution in [0.2, 0.25) is 0 Å². The van der Waals surface area contributed by atoms with Crippen LogP contribution in [0.3, 0.4) is 0 Å². The summed E-state index contributed by atoms with van der Waals surface area (Å²) in [5, 5.41) is 3.48. The Morgan fingerprint density at radius 2 is 2.28 bits per heavy atom. The Kier molecular flexibility index (Phi) is 2.95. The van der Waals surface area contributed by atoms with Crippen LogP contribution in [-0.2, 0) is 17.8 Å². The van der Waals surface area contributed by atoms with E-state index in [-0.39, 0.29) is 5.60 Å². The molecule has 98 valence electrons. The first kappa shape index (κ1) is 12.2. The number of nitrogens with one attached hydrogen (secondary N) is 1. The molecular formula is C16H23NO. The number of hydrogen-bond acceptors (Lipinski definition) is 2. The summed E-state index contributed by atoms with van der Waals surface area (Å²) >= 11 is 0. The minimum absolute atomic E-state index is 0.00343. The van der Waals surface area contributed by atoms with Crippen molar-refractivity contribution in [2.24, 2.45) is 5.92 Å². The zero-order valence-corrected chi connectivity index (χ0v) is 11.6. The average Bonchev–Trinajstić information content (AvgIpc) is 2.70. The molecule has 0 radical (unpaired) electrons. The zero-order valence-electron chi connectivity index (χ0n) is 11.6. The maximum Gasteiger partial charge on any atom is 0.0863 e. The Morgan fingerprint density at radius 3 is 3.06 bits per heavy atom. The molecule has 2 atom stereocenters. The smallest absolute Gasteiger partial charge is 0.0863 e. The first-order chi connectivity index (χ1) is 8.60. The molecule has 18 heavy (non-hydrogen) atoms. The Labute approximate surface area is 110 Å². The maximum absolute atomic E-state index is 6.18. The van der Waals surface area contributed by atoms with Crippen molar-refractivity contribution in [1.29, 1.82) is 0 Å². The van der Waals surface area contributed by atoms with Crippen molar-refractivity contribution in [2.45, 2.75) is 45.3 Å². The van der Waals surface area contributed by atoms with Crippen molar-refractivity contribution in [3.63, 3.8) is 0 Å². The summed E-state index contributed by atoms with van der Waals surface area (Å²) in [5.41, 5.74) is 4.46. The molecule has 3 rings (SSSR count). The number of hydrogen-bond donors (Lipinski definition) is 1. The van der Waals surface area contributed by atoms with E-state index in [0.29, 0.717) is 11.8 Å². The van der Waals surface area contributed by atoms with Crippen molar-refractivity contribution in [3.05, 3.63) is 34.9 Å². The summed E-state index contributed by atoms with van der Waals surface area (Å²) in [6.07, 6.45) is 1.16. The lowest BCUT2D eigenvalue weighted by atomic mass is 9.79. The Hall–Kier alpha value is -0.860. The minimum atomic E-state index is 0.00343. The highest BCUT2D eigenvalue weighted by Crippen LogP contribution is 2.42. The third kappa shape index (κ3) is 1.88. The summed E-state index contributed by atoms with van der Waals surface area (Å²) in [6.45, 7) is 9.62. The third-order valence-electron chi connectivity index (χ3n) is 4.42. The summed E-state index contributed by atoms with van der Waals surface area (Å²) < 4.78 is 6.18. The molecule has 1 N–H and O–H groups in total. The largest absolute Gasteiger partial charge is 0.369 e. The Balaban J connectivity index is 2.01. The quantitative estimate of drug-likeness (QED) is 0.865. The predicted octanol–water partition coefficient (Wildman–Crippen LogP) is 2.86. The van der Waals surface area contributed by atoms with Gasteiger partial charge in [0.1, 0.15) is 0 Å². The van der Waals surface area contributed by atoms with E-state index in [0.717, 1.165) is 26.1 Å². The van der Waals surface area contributed by atoms with E-state index in [9.17, 15) is 0 Å². The molecule has 0 saturated carbocycles. The van der Waals surface area contributed by atoms with Gasteiger partial charge in [-0.2, -0.15) is 0 Å². The SMILES string of the molecule is CC(C)Cc1cccc2c1COC1(C)CNCC21. The van der Waals surface area contributed by atoms with Crippen LogP contribution in [0.1, 0.15) is 43.4 Å². The lowest BCUT2D eigenvalue weighted by molar-refractivity contribution is -0.0521. The lowest BCUT2D eigenvalue weighted by Crippen LogP contribution is -2.40. The van der Waals surface area contributed by atoms with Crippen LogP contribution >= 0.6 is 0 Å². The molecule has 1 fully saturated rings. The van der Waals surface area contributed by atoms with Crippen LogP contribution in [0.15, 0.2) is 18.2 Å². The lowest BCUT2D eigenvalue weighted by Gasteiger charge is -2.38. The standard InChI is InChI=1S/C16H23NO/c1-11(2)7-12-5-4-6-13-14(12)9-18-16(3)10-17-8-15(13)16/h4-6,11,15,17H,7-10H2,1-3H3. The number of ether oxygens (including phenoxy) is 1. The highest BCUT2D eigenvalue weighted by molar-refractivity contribution is 5.41. The molecular weight excluding hydrogens is 222 g/mol. The van der Waals surface area contributed by atoms with Crippen LogP contribution in [0, 0.1) is 5.92 Å². The van der Waals surface area contributed by atoms with E-state index in [4.69, 9.17) is 4.74 Å². The summed E-state index contributed by atoms with van der Waals surface area (Å²) in [6, 6.07) is 6.80. The van der Waals surface area contributed by atoms with Gasteiger partial charge in [0.05, 0.1) is 12.2 Å². The maximum atomic E-state index is 6.18. The van der Waals surface area contributed by atoms with Crippen molar-refractivity contribution < 1.29 is 4.74 Å². The van der Waals surface area contributed by atoms with Gasteiger partial charge in [0.25, 0.3) is 0 Å². The van der Waals surface area contributed by atoms with Crippen molar-refractivity contribution in [1.82, 2.24) is 5.32 Å². The van der Waals surface area contributed by atoms with E-state index in [1.165, 1.54) is 16.7 Å². The monoisotopic (exact) mass is 245 g/mol. The van der Waals surface area contributed by atoms with Gasteiger partial charge in [-0.25, -0.2) is 0 Å². The van der Waals surface area contributed by atoms with Gasteiger partial charge in [0, 0.05) is 19.0 Å². The van der Waals surface area contributed by atoms with E-state index in [1.54, 1.807) is 0 Å². The number of benzene rings is 1. The van der Waals surface area contributed by atoms with E-state index in [2.05, 4.69) is 44.3 Å². The van der Waals surface area contributed by atoms with Gasteiger partial charge in [0.15, 0.2) is 0 Å². The average molecular weight is 245 g/mol. The summed E-state index contributed by atoms with van der Waals surface area (Å²) in [4.78, 5) is 0. The highest BCUT2D eigenvalue weighted by atomic mass is 16.5. The second-order valence-corrected chi connectivity index (χ2v) is 6.37. The van der Waals surface area contributed by atoms with E-state index < -0.39 is 0 Å². The van der Waals surface area contributed by atoms with Crippen molar-refractivity contribution in [2.75, 3.05) is 13.1 Å². The Bertz CT molecular complexity index is 454. The molecule has 2 unspecified atom stereocenters. The normalized spacial score (nSPS) is 30.3. The summed E-state index contributed by atoms with van der Waals surface area (Å²) in [5.74, 6) is 1.22. The van der Waals surface area contributed by atoms with Gasteiger partial charge in [-0.05, 0) is 36.0 Å². The van der Waals surface area contributed by atoms with Gasteiger partial charge in [-0.3, -0.25) is 0 Å². The first-order valence-corrected chi connectivity index (χ1v) is 7.05. The summed E-state index contributed by atoms with van der Waals surface area (Å²) in [7, 11) is 0. The molecule has 2 aliphatic rings. The van der Waals surface area contributed by atoms with Crippen LogP contribution in [0.4, 0.5) is 0 Å². The molecule has 1 aromatic rings. The van der Waals surface area contributed by atoms with Crippen molar-refractivity contribution in [3.8, 4) is 0 Å². The van der Waals surface area contributed by atoms with Crippen molar-refractivity contribution >= 4 is 0 Å². The number of fused-ring (bicyclic) bond motifs is 3. The molecule has 0 bridgehead atoms. The number of rotatable bonds is 2. The van der Waals surface area contributed by atoms with Crippen LogP contribution in [0.25, 0.3) is 0 Å². The molecule has 0 spiro atoms. The molecule has 2 heterocycles. The molecule has 1 saturated heterocycles. The molecule has 2 nitrogen and oxygen atoms in total. The molecule has 0 amide bonds. The van der Waals surface area contributed by atoms with Gasteiger partial charge in [0.2, 0.25) is 0 Å². The topological polar surface area (TPSA) is 21.3 Å². The molecule has 2 aliphatic heterocycles. The highest BCUT2D eigenvalue weighted by Gasteiger charge is 2.44. The third-order valence-corrected chi connectivity index (χ3v) is 4.42. The second-order valence-electron chi connectivity index (χ2n) is 6.37. The van der Waals surface area contributed by atoms with Crippen LogP contribution in [0.5, 0.6) is 0 Å². The Morgan fingerprint density at radius 1 is 1.44 bits per heavy atom.